The highest BCUT2D eigenvalue weighted by Crippen LogP contribution is 2.37. The summed E-state index contributed by atoms with van der Waals surface area (Å²) in [7, 11) is 0. The van der Waals surface area contributed by atoms with E-state index in [4.69, 9.17) is 0 Å². The highest BCUT2D eigenvalue weighted by Gasteiger charge is 2.43. The first kappa shape index (κ1) is 26.1. The van der Waals surface area contributed by atoms with E-state index in [9.17, 15) is 36.7 Å². The fourth-order valence-corrected chi connectivity index (χ4v) is 4.58. The van der Waals surface area contributed by atoms with Gasteiger partial charge in [0, 0.05) is 18.9 Å². The highest BCUT2D eigenvalue weighted by molar-refractivity contribution is 6.15. The van der Waals surface area contributed by atoms with Crippen LogP contribution in [0.2, 0.25) is 0 Å². The zero-order valence-corrected chi connectivity index (χ0v) is 19.3. The Morgan fingerprint density at radius 2 is 1.66 bits per heavy atom. The van der Waals surface area contributed by atoms with Gasteiger partial charge in [-0.15, -0.1) is 0 Å². The number of ketones is 2. The van der Waals surface area contributed by atoms with E-state index in [0.29, 0.717) is 23.8 Å². The average Bonchev–Trinajstić information content (AvgIpc) is 3.00. The average molecular weight is 492 g/mol. The van der Waals surface area contributed by atoms with E-state index in [1.165, 1.54) is 0 Å². The molecule has 10 heteroatoms. The molecule has 0 saturated heterocycles. The number of carbonyl (C=O) groups is 4. The van der Waals surface area contributed by atoms with Crippen molar-refractivity contribution < 1.29 is 36.7 Å². The fraction of sp³-hybridized carbons (Fsp3) is 0.360. The van der Waals surface area contributed by atoms with Gasteiger partial charge in [0.1, 0.15) is 17.5 Å². The molecule has 6 nitrogen and oxygen atoms in total. The van der Waals surface area contributed by atoms with E-state index in [-0.39, 0.29) is 31.0 Å². The summed E-state index contributed by atoms with van der Waals surface area (Å²) < 4.78 is 52.6. The van der Waals surface area contributed by atoms with E-state index in [1.54, 1.807) is 5.32 Å². The highest BCUT2D eigenvalue weighted by atomic mass is 19.4. The number of nitrogens with one attached hydrogen (secondary N) is 2. The monoisotopic (exact) mass is 492 g/mol. The van der Waals surface area contributed by atoms with Gasteiger partial charge >= 0.3 is 12.2 Å². The van der Waals surface area contributed by atoms with Gasteiger partial charge in [-0.3, -0.25) is 19.7 Å². The van der Waals surface area contributed by atoms with Crippen LogP contribution in [-0.4, -0.2) is 30.0 Å². The number of amides is 3. The Labute approximate surface area is 199 Å². The summed E-state index contributed by atoms with van der Waals surface area (Å²) in [5, 5.41) is 4.02. The molecule has 3 amide bonds. The van der Waals surface area contributed by atoms with Crippen molar-refractivity contribution in [2.45, 2.75) is 45.7 Å². The molecule has 1 saturated carbocycles. The molecule has 2 N–H and O–H groups in total. The lowest BCUT2D eigenvalue weighted by Gasteiger charge is -2.16. The maximum Gasteiger partial charge on any atom is 0.417 e. The summed E-state index contributed by atoms with van der Waals surface area (Å²) in [5.41, 5.74) is 0.995. The molecule has 0 spiro atoms. The Morgan fingerprint density at radius 3 is 2.26 bits per heavy atom. The number of halogens is 4. The van der Waals surface area contributed by atoms with Crippen molar-refractivity contribution in [3.05, 3.63) is 69.5 Å². The van der Waals surface area contributed by atoms with E-state index in [2.05, 4.69) is 5.32 Å². The lowest BCUT2D eigenvalue weighted by Crippen LogP contribution is -2.41. The quantitative estimate of drug-likeness (QED) is 0.474. The van der Waals surface area contributed by atoms with Gasteiger partial charge in [-0.05, 0) is 62.1 Å². The first-order valence-corrected chi connectivity index (χ1v) is 10.9. The Hall–Kier alpha value is -3.56. The van der Waals surface area contributed by atoms with Gasteiger partial charge in [-0.1, -0.05) is 17.7 Å². The van der Waals surface area contributed by atoms with Crippen LogP contribution in [0.15, 0.2) is 30.3 Å². The van der Waals surface area contributed by atoms with E-state index in [1.807, 2.05) is 32.9 Å². The van der Waals surface area contributed by atoms with Gasteiger partial charge in [-0.25, -0.2) is 9.18 Å². The van der Waals surface area contributed by atoms with Crippen molar-refractivity contribution >= 4 is 23.5 Å². The van der Waals surface area contributed by atoms with Crippen LogP contribution in [0.25, 0.3) is 0 Å². The minimum absolute atomic E-state index is 0.0106. The summed E-state index contributed by atoms with van der Waals surface area (Å²) in [5.74, 6) is -4.46. The molecule has 0 radical (unpaired) electrons. The molecule has 3 rings (SSSR count). The molecule has 1 aliphatic carbocycles. The second kappa shape index (κ2) is 9.97. The second-order valence-corrected chi connectivity index (χ2v) is 8.70. The summed E-state index contributed by atoms with van der Waals surface area (Å²) >= 11 is 0. The van der Waals surface area contributed by atoms with Crippen molar-refractivity contribution in [1.82, 2.24) is 10.6 Å². The van der Waals surface area contributed by atoms with Crippen molar-refractivity contribution in [2.24, 2.45) is 5.92 Å². The van der Waals surface area contributed by atoms with Crippen molar-refractivity contribution in [1.29, 1.82) is 0 Å². The minimum Gasteiger partial charge on any atom is -0.338 e. The van der Waals surface area contributed by atoms with Gasteiger partial charge in [0.05, 0.1) is 11.1 Å². The molecule has 2 aromatic carbocycles. The van der Waals surface area contributed by atoms with Crippen molar-refractivity contribution in [3.8, 4) is 0 Å². The van der Waals surface area contributed by atoms with Crippen molar-refractivity contribution in [2.75, 3.05) is 6.54 Å². The molecule has 2 aromatic rings. The topological polar surface area (TPSA) is 92.3 Å². The van der Waals surface area contributed by atoms with Gasteiger partial charge in [0.2, 0.25) is 0 Å². The van der Waals surface area contributed by atoms with Crippen LogP contribution in [0.5, 0.6) is 0 Å². The SMILES string of the molecule is Cc1cc(C)c(C2C(=O)CC(CCNC(=O)NC(=O)c3cc(F)ccc3C(F)(F)F)C2=O)c(C)c1. The van der Waals surface area contributed by atoms with Crippen LogP contribution in [0.4, 0.5) is 22.4 Å². The Morgan fingerprint density at radius 1 is 1.03 bits per heavy atom. The van der Waals surface area contributed by atoms with Crippen LogP contribution in [0, 0.1) is 32.5 Å². The molecule has 1 aliphatic rings. The number of hydrogen-bond donors (Lipinski definition) is 2. The maximum atomic E-state index is 13.4. The summed E-state index contributed by atoms with van der Waals surface area (Å²) in [6.45, 7) is 5.51. The number of imide groups is 1. The number of rotatable bonds is 5. The molecule has 0 aromatic heterocycles. The maximum absolute atomic E-state index is 13.4. The fourth-order valence-electron chi connectivity index (χ4n) is 4.58. The lowest BCUT2D eigenvalue weighted by molar-refractivity contribution is -0.138. The zero-order valence-electron chi connectivity index (χ0n) is 19.3. The first-order valence-electron chi connectivity index (χ1n) is 10.9. The predicted octanol–water partition coefficient (Wildman–Crippen LogP) is 4.54. The Kier molecular flexibility index (Phi) is 7.42. The molecule has 35 heavy (non-hydrogen) atoms. The number of urea groups is 1. The number of carbonyl (C=O) groups excluding carboxylic acids is 4. The van der Waals surface area contributed by atoms with Crippen LogP contribution in [0.3, 0.4) is 0 Å². The molecule has 0 heterocycles. The third kappa shape index (κ3) is 5.75. The number of alkyl halides is 3. The van der Waals surface area contributed by atoms with Gasteiger partial charge in [0.15, 0.2) is 5.78 Å². The van der Waals surface area contributed by atoms with E-state index in [0.717, 1.165) is 16.7 Å². The largest absolute Gasteiger partial charge is 0.417 e. The second-order valence-electron chi connectivity index (χ2n) is 8.70. The number of aryl methyl sites for hydroxylation is 3. The number of benzene rings is 2. The standard InChI is InChI=1S/C25H24F4N2O4/c1-12-8-13(2)20(14(3)9-12)21-19(32)10-15(22(21)33)6-7-30-24(35)31-23(34)17-11-16(26)4-5-18(17)25(27,28)29/h4-5,8-9,11,15,21H,6-7,10H2,1-3H3,(H2,30,31,34,35). The number of hydrogen-bond acceptors (Lipinski definition) is 4. The third-order valence-electron chi connectivity index (χ3n) is 6.02. The predicted molar refractivity (Wildman–Crippen MR) is 118 cm³/mol. The molecular weight excluding hydrogens is 468 g/mol. The van der Waals surface area contributed by atoms with E-state index >= 15 is 0 Å². The van der Waals surface area contributed by atoms with Crippen LogP contribution >= 0.6 is 0 Å². The molecule has 1 fully saturated rings. The summed E-state index contributed by atoms with van der Waals surface area (Å²) in [4.78, 5) is 49.8. The van der Waals surface area contributed by atoms with Crippen LogP contribution < -0.4 is 10.6 Å². The molecule has 186 valence electrons. The van der Waals surface area contributed by atoms with Crippen molar-refractivity contribution in [3.63, 3.8) is 0 Å². The number of Topliss-reactive ketones (excluding diaryl/α,β-unsaturated/α-hetero) is 2. The molecule has 2 unspecified atom stereocenters. The summed E-state index contributed by atoms with van der Waals surface area (Å²) in [6.07, 6.45) is -4.80. The molecular formula is C25H24F4N2O4. The normalized spacial score (nSPS) is 18.0. The third-order valence-corrected chi connectivity index (χ3v) is 6.02. The van der Waals surface area contributed by atoms with Gasteiger partial charge in [-0.2, -0.15) is 13.2 Å². The Balaban J connectivity index is 1.60. The molecule has 0 aliphatic heterocycles. The summed E-state index contributed by atoms with van der Waals surface area (Å²) in [6, 6.07) is 4.07. The molecule has 2 atom stereocenters. The molecule has 0 bridgehead atoms. The van der Waals surface area contributed by atoms with Gasteiger partial charge in [0.25, 0.3) is 5.91 Å². The van der Waals surface area contributed by atoms with Gasteiger partial charge < -0.3 is 5.32 Å². The first-order chi connectivity index (χ1) is 16.3. The smallest absolute Gasteiger partial charge is 0.338 e. The minimum atomic E-state index is -4.92. The Bertz CT molecular complexity index is 1180. The van der Waals surface area contributed by atoms with Crippen LogP contribution in [-0.2, 0) is 15.8 Å². The van der Waals surface area contributed by atoms with E-state index < -0.39 is 46.9 Å². The lowest BCUT2D eigenvalue weighted by atomic mass is 9.86. The van der Waals surface area contributed by atoms with Crippen LogP contribution in [0.1, 0.15) is 56.9 Å². The zero-order chi connectivity index (χ0) is 26.1.